The van der Waals surface area contributed by atoms with E-state index in [1.807, 2.05) is 0 Å². The molecule has 0 aromatic heterocycles. The van der Waals surface area contributed by atoms with Crippen LogP contribution in [0, 0.1) is 0 Å². The van der Waals surface area contributed by atoms with Gasteiger partial charge in [0.25, 0.3) is 0 Å². The molecule has 0 fully saturated rings. The molecule has 0 spiro atoms. The number of ether oxygens (including phenoxy) is 4. The van der Waals surface area contributed by atoms with Gasteiger partial charge in [0, 0.05) is 47.5 Å². The van der Waals surface area contributed by atoms with E-state index in [0.29, 0.717) is 0 Å². The van der Waals surface area contributed by atoms with Gasteiger partial charge in [-0.3, -0.25) is 0 Å². The zero-order valence-electron chi connectivity index (χ0n) is 12.0. The molecule has 106 valence electrons. The Bertz CT molecular complexity index is 146. The van der Waals surface area contributed by atoms with Gasteiger partial charge in [-0.15, -0.1) is 0 Å². The lowest BCUT2D eigenvalue weighted by Gasteiger charge is -2.12. The maximum Gasteiger partial charge on any atom is 0.154 e. The van der Waals surface area contributed by atoms with Gasteiger partial charge in [-0.1, -0.05) is 24.9 Å². The van der Waals surface area contributed by atoms with E-state index in [2.05, 4.69) is 0 Å². The number of unbranched alkanes of at least 4 members (excludes halogenated alkanes) is 1. The molecule has 4 radical (unpaired) electrons. The quantitative estimate of drug-likeness (QED) is 0.296. The third kappa shape index (κ3) is 10.2. The van der Waals surface area contributed by atoms with Crippen molar-refractivity contribution in [3.8, 4) is 0 Å². The maximum absolute atomic E-state index is 5.15. The third-order valence-corrected chi connectivity index (χ3v) is 5.29. The van der Waals surface area contributed by atoms with Crippen molar-refractivity contribution in [3.05, 3.63) is 0 Å². The Labute approximate surface area is 116 Å². The van der Waals surface area contributed by atoms with E-state index < -0.39 is 0 Å². The van der Waals surface area contributed by atoms with E-state index in [0.717, 1.165) is 31.1 Å². The molecule has 0 aliphatic heterocycles. The van der Waals surface area contributed by atoms with E-state index in [9.17, 15) is 0 Å². The minimum Gasteiger partial charge on any atom is -0.356 e. The van der Waals surface area contributed by atoms with E-state index in [-0.39, 0.29) is 12.6 Å². The predicted octanol–water partition coefficient (Wildman–Crippen LogP) is 2.09. The van der Waals surface area contributed by atoms with Crippen LogP contribution in [0.1, 0.15) is 12.8 Å². The topological polar surface area (TPSA) is 36.9 Å². The molecule has 0 rings (SSSR count). The highest BCUT2D eigenvalue weighted by Crippen LogP contribution is 2.07. The van der Waals surface area contributed by atoms with Gasteiger partial charge in [-0.2, -0.15) is 0 Å². The summed E-state index contributed by atoms with van der Waals surface area (Å²) in [5.41, 5.74) is 0. The molecule has 0 amide bonds. The molecule has 0 aliphatic rings. The molecular formula is C12H26O4Si2. The van der Waals surface area contributed by atoms with Crippen molar-refractivity contribution < 1.29 is 18.9 Å². The molecule has 0 saturated carbocycles. The van der Waals surface area contributed by atoms with E-state index >= 15 is 0 Å². The smallest absolute Gasteiger partial charge is 0.154 e. The van der Waals surface area contributed by atoms with Crippen LogP contribution in [0.5, 0.6) is 0 Å². The maximum atomic E-state index is 5.15. The second kappa shape index (κ2) is 13.7. The highest BCUT2D eigenvalue weighted by Gasteiger charge is 2.06. The predicted molar refractivity (Wildman–Crippen MR) is 75.6 cm³/mol. The summed E-state index contributed by atoms with van der Waals surface area (Å²) in [4.78, 5) is 0. The van der Waals surface area contributed by atoms with Gasteiger partial charge in [0.05, 0.1) is 0 Å². The van der Waals surface area contributed by atoms with Crippen LogP contribution in [0.25, 0.3) is 0 Å². The fourth-order valence-electron chi connectivity index (χ4n) is 1.47. The number of rotatable bonds is 13. The lowest BCUT2D eigenvalue weighted by atomic mass is 10.4. The number of hydrogen-bond donors (Lipinski definition) is 0. The first-order chi connectivity index (χ1) is 8.78. The van der Waals surface area contributed by atoms with Crippen LogP contribution in [-0.4, -0.2) is 60.1 Å². The zero-order chi connectivity index (χ0) is 13.6. The van der Waals surface area contributed by atoms with Crippen molar-refractivity contribution >= 4 is 19.0 Å². The molecule has 0 aliphatic carbocycles. The highest BCUT2D eigenvalue weighted by molar-refractivity contribution is 6.36. The Hall–Kier alpha value is 0.274. The lowest BCUT2D eigenvalue weighted by Crippen LogP contribution is -2.15. The Balaban J connectivity index is 3.21. The van der Waals surface area contributed by atoms with E-state index in [1.165, 1.54) is 24.9 Å². The molecular weight excluding hydrogens is 264 g/mol. The van der Waals surface area contributed by atoms with Crippen molar-refractivity contribution in [1.29, 1.82) is 0 Å². The normalized spacial score (nSPS) is 11.7. The van der Waals surface area contributed by atoms with Gasteiger partial charge in [0.2, 0.25) is 0 Å². The van der Waals surface area contributed by atoms with Crippen LogP contribution in [0.15, 0.2) is 0 Å². The standard InChI is InChI=1S/C12H26O4Si2/c1-13-11(14-2)9-17-7-5-6-8-18-10-12(15-3)16-4/h11-12H,5-10H2,1-4H3. The average Bonchev–Trinajstić information content (AvgIpc) is 2.41. The second-order valence-electron chi connectivity index (χ2n) is 3.92. The van der Waals surface area contributed by atoms with Crippen LogP contribution < -0.4 is 0 Å². The first kappa shape index (κ1) is 18.3. The molecule has 0 N–H and O–H groups in total. The molecule has 0 heterocycles. The average molecular weight is 291 g/mol. The molecule has 0 atom stereocenters. The molecule has 0 unspecified atom stereocenters. The monoisotopic (exact) mass is 290 g/mol. The fraction of sp³-hybridized carbons (Fsp3) is 1.00. The minimum atomic E-state index is -0.0191. The van der Waals surface area contributed by atoms with Crippen LogP contribution in [-0.2, 0) is 18.9 Å². The SMILES string of the molecule is COC(C[Si]CCCC[Si]CC(OC)OC)OC. The molecule has 0 aromatic carbocycles. The van der Waals surface area contributed by atoms with Gasteiger partial charge >= 0.3 is 0 Å². The molecule has 6 heteroatoms. The first-order valence-electron chi connectivity index (χ1n) is 6.31. The van der Waals surface area contributed by atoms with Crippen molar-refractivity contribution in [2.75, 3.05) is 28.4 Å². The molecule has 0 saturated heterocycles. The summed E-state index contributed by atoms with van der Waals surface area (Å²) in [7, 11) is 8.66. The summed E-state index contributed by atoms with van der Waals surface area (Å²) < 4.78 is 20.6. The van der Waals surface area contributed by atoms with Gasteiger partial charge in [-0.25, -0.2) is 0 Å². The molecule has 18 heavy (non-hydrogen) atoms. The Morgan fingerprint density at radius 2 is 1.00 bits per heavy atom. The molecule has 4 nitrogen and oxygen atoms in total. The van der Waals surface area contributed by atoms with Crippen molar-refractivity contribution in [3.63, 3.8) is 0 Å². The second-order valence-corrected chi connectivity index (χ2v) is 6.73. The summed E-state index contributed by atoms with van der Waals surface area (Å²) in [6.07, 6.45) is 2.57. The van der Waals surface area contributed by atoms with E-state index in [4.69, 9.17) is 18.9 Å². The summed E-state index contributed by atoms with van der Waals surface area (Å²) in [5.74, 6) is 0. The lowest BCUT2D eigenvalue weighted by molar-refractivity contribution is -0.0878. The zero-order valence-corrected chi connectivity index (χ0v) is 14.0. The van der Waals surface area contributed by atoms with Gasteiger partial charge < -0.3 is 18.9 Å². The minimum absolute atomic E-state index is 0.0191. The summed E-state index contributed by atoms with van der Waals surface area (Å²) >= 11 is 0. The fourth-order valence-corrected chi connectivity index (χ4v) is 4.01. The Kier molecular flexibility index (Phi) is 13.9. The molecule has 0 bridgehead atoms. The van der Waals surface area contributed by atoms with Gasteiger partial charge in [0.15, 0.2) is 12.6 Å². The van der Waals surface area contributed by atoms with Crippen molar-refractivity contribution in [2.24, 2.45) is 0 Å². The van der Waals surface area contributed by atoms with Crippen LogP contribution >= 0.6 is 0 Å². The number of hydrogen-bond acceptors (Lipinski definition) is 4. The number of methoxy groups -OCH3 is 4. The Morgan fingerprint density at radius 1 is 0.667 bits per heavy atom. The Morgan fingerprint density at radius 3 is 1.28 bits per heavy atom. The molecule has 0 aromatic rings. The van der Waals surface area contributed by atoms with Crippen molar-refractivity contribution in [1.82, 2.24) is 0 Å². The summed E-state index contributed by atoms with van der Waals surface area (Å²) in [6, 6.07) is 4.60. The third-order valence-electron chi connectivity index (χ3n) is 2.63. The summed E-state index contributed by atoms with van der Waals surface area (Å²) in [6.45, 7) is 0. The largest absolute Gasteiger partial charge is 0.356 e. The van der Waals surface area contributed by atoms with Crippen LogP contribution in [0.2, 0.25) is 24.2 Å². The van der Waals surface area contributed by atoms with Gasteiger partial charge in [0.1, 0.15) is 0 Å². The van der Waals surface area contributed by atoms with Gasteiger partial charge in [-0.05, 0) is 12.1 Å². The first-order valence-corrected chi connectivity index (χ1v) is 9.13. The van der Waals surface area contributed by atoms with Crippen LogP contribution in [0.3, 0.4) is 0 Å². The van der Waals surface area contributed by atoms with Crippen molar-refractivity contribution in [2.45, 2.75) is 49.6 Å². The highest BCUT2D eigenvalue weighted by atomic mass is 28.2. The summed E-state index contributed by atoms with van der Waals surface area (Å²) in [5, 5.41) is 0. The van der Waals surface area contributed by atoms with E-state index in [1.54, 1.807) is 28.4 Å². The van der Waals surface area contributed by atoms with Crippen LogP contribution in [0.4, 0.5) is 0 Å².